The van der Waals surface area contributed by atoms with E-state index in [0.29, 0.717) is 5.69 Å². The van der Waals surface area contributed by atoms with Gasteiger partial charge in [0.1, 0.15) is 0 Å². The summed E-state index contributed by atoms with van der Waals surface area (Å²) in [5.41, 5.74) is 5.89. The first-order chi connectivity index (χ1) is 7.61. The van der Waals surface area contributed by atoms with E-state index in [4.69, 9.17) is 5.73 Å². The van der Waals surface area contributed by atoms with Crippen LogP contribution >= 0.6 is 0 Å². The van der Waals surface area contributed by atoms with Gasteiger partial charge >= 0.3 is 6.36 Å². The summed E-state index contributed by atoms with van der Waals surface area (Å²) in [5.74, 6) is 0.226. The Hall–Kier alpha value is -1.31. The smallest absolute Gasteiger partial charge is 0.381 e. The summed E-state index contributed by atoms with van der Waals surface area (Å²) < 4.78 is 40.4. The van der Waals surface area contributed by atoms with E-state index in [-0.39, 0.29) is 17.8 Å². The van der Waals surface area contributed by atoms with Crippen molar-refractivity contribution in [2.75, 3.05) is 12.3 Å². The van der Waals surface area contributed by atoms with Crippen LogP contribution in [0.3, 0.4) is 0 Å². The van der Waals surface area contributed by atoms with Crippen LogP contribution in [0.15, 0.2) is 0 Å². The lowest BCUT2D eigenvalue weighted by Gasteiger charge is -2.20. The van der Waals surface area contributed by atoms with Crippen molar-refractivity contribution in [3.8, 4) is 0 Å². The second-order valence-electron chi connectivity index (χ2n) is 4.59. The molecule has 8 heteroatoms. The zero-order chi connectivity index (χ0) is 13.3. The number of nitrogens with zero attached hydrogens (tertiary/aromatic N) is 3. The van der Waals surface area contributed by atoms with Crippen molar-refractivity contribution in [2.24, 2.45) is 0 Å². The van der Waals surface area contributed by atoms with Gasteiger partial charge in [-0.25, -0.2) is 4.68 Å². The van der Waals surface area contributed by atoms with Crippen molar-refractivity contribution in [1.82, 2.24) is 15.0 Å². The van der Waals surface area contributed by atoms with E-state index in [2.05, 4.69) is 15.0 Å². The molecule has 0 atom stereocenters. The van der Waals surface area contributed by atoms with Crippen molar-refractivity contribution in [3.63, 3.8) is 0 Å². The lowest BCUT2D eigenvalue weighted by atomic mass is 9.92. The van der Waals surface area contributed by atoms with Gasteiger partial charge in [0.2, 0.25) is 0 Å². The number of hydrogen-bond donors (Lipinski definition) is 1. The summed E-state index contributed by atoms with van der Waals surface area (Å²) in [6.07, 6.45) is -4.63. The van der Waals surface area contributed by atoms with Gasteiger partial charge in [0.15, 0.2) is 5.82 Å². The maximum absolute atomic E-state index is 11.8. The van der Waals surface area contributed by atoms with Gasteiger partial charge in [-0.3, -0.25) is 4.74 Å². The van der Waals surface area contributed by atoms with Gasteiger partial charge in [0, 0.05) is 5.41 Å². The molecular formula is C9H15F3N4O. The highest BCUT2D eigenvalue weighted by Gasteiger charge is 2.29. The molecule has 0 bridgehead atoms. The first-order valence-electron chi connectivity index (χ1n) is 5.01. The first kappa shape index (κ1) is 13.8. The monoisotopic (exact) mass is 252 g/mol. The molecule has 0 spiro atoms. The predicted molar refractivity (Wildman–Crippen MR) is 55.1 cm³/mol. The minimum atomic E-state index is -4.63. The van der Waals surface area contributed by atoms with Gasteiger partial charge in [0.05, 0.1) is 18.8 Å². The maximum Gasteiger partial charge on any atom is 0.522 e. The van der Waals surface area contributed by atoms with Crippen molar-refractivity contribution in [1.29, 1.82) is 0 Å². The van der Waals surface area contributed by atoms with Gasteiger partial charge in [-0.05, 0) is 0 Å². The average Bonchev–Trinajstić information content (AvgIpc) is 2.43. The Morgan fingerprint density at radius 1 is 1.29 bits per heavy atom. The molecular weight excluding hydrogens is 237 g/mol. The summed E-state index contributed by atoms with van der Waals surface area (Å²) >= 11 is 0. The normalized spacial score (nSPS) is 13.1. The minimum Gasteiger partial charge on any atom is -0.381 e. The SMILES string of the molecule is CC(C)(C)c1c(N)nnn1CCOC(F)(F)F. The van der Waals surface area contributed by atoms with Crippen molar-refractivity contribution >= 4 is 5.82 Å². The van der Waals surface area contributed by atoms with E-state index in [1.54, 1.807) is 0 Å². The molecule has 0 unspecified atom stereocenters. The summed E-state index contributed by atoms with van der Waals surface area (Å²) in [4.78, 5) is 0. The molecule has 0 fully saturated rings. The van der Waals surface area contributed by atoms with Gasteiger partial charge in [-0.2, -0.15) is 0 Å². The third-order valence-electron chi connectivity index (χ3n) is 2.04. The van der Waals surface area contributed by atoms with Crippen molar-refractivity contribution in [2.45, 2.75) is 39.1 Å². The highest BCUT2D eigenvalue weighted by molar-refractivity contribution is 5.37. The highest BCUT2D eigenvalue weighted by atomic mass is 19.4. The molecule has 0 aliphatic rings. The quantitative estimate of drug-likeness (QED) is 0.889. The van der Waals surface area contributed by atoms with Crippen LogP contribution in [-0.4, -0.2) is 28.0 Å². The Kier molecular flexibility index (Phi) is 3.65. The van der Waals surface area contributed by atoms with Crippen LogP contribution in [0.5, 0.6) is 0 Å². The standard InChI is InChI=1S/C9H15F3N4O/c1-8(2,3)6-7(13)14-15-16(6)4-5-17-9(10,11)12/h4-5,13H2,1-3H3. The summed E-state index contributed by atoms with van der Waals surface area (Å²) in [6.45, 7) is 5.07. The minimum absolute atomic E-state index is 0.0453. The second kappa shape index (κ2) is 4.52. The molecule has 17 heavy (non-hydrogen) atoms. The molecule has 0 radical (unpaired) electrons. The van der Waals surface area contributed by atoms with E-state index in [0.717, 1.165) is 0 Å². The van der Waals surface area contributed by atoms with Gasteiger partial charge in [-0.15, -0.1) is 18.3 Å². The van der Waals surface area contributed by atoms with Gasteiger partial charge < -0.3 is 5.73 Å². The lowest BCUT2D eigenvalue weighted by molar-refractivity contribution is -0.325. The number of ether oxygens (including phenoxy) is 1. The average molecular weight is 252 g/mol. The van der Waals surface area contributed by atoms with E-state index in [1.165, 1.54) is 4.68 Å². The Balaban J connectivity index is 2.73. The molecule has 1 aromatic heterocycles. The molecule has 0 aliphatic heterocycles. The number of rotatable bonds is 3. The predicted octanol–water partition coefficient (Wildman–Crippen LogP) is 1.69. The van der Waals surface area contributed by atoms with E-state index in [1.807, 2.05) is 20.8 Å². The number of alkyl halides is 3. The van der Waals surface area contributed by atoms with Crippen molar-refractivity contribution < 1.29 is 17.9 Å². The molecule has 1 rings (SSSR count). The maximum atomic E-state index is 11.8. The number of halogens is 3. The Morgan fingerprint density at radius 3 is 2.35 bits per heavy atom. The zero-order valence-corrected chi connectivity index (χ0v) is 9.88. The van der Waals surface area contributed by atoms with Crippen LogP contribution < -0.4 is 5.73 Å². The van der Waals surface area contributed by atoms with Gasteiger partial charge in [-0.1, -0.05) is 26.0 Å². The molecule has 0 aliphatic carbocycles. The number of nitrogen functional groups attached to an aromatic ring is 1. The Bertz CT molecular complexity index is 381. The first-order valence-corrected chi connectivity index (χ1v) is 5.01. The summed E-state index contributed by atoms with van der Waals surface area (Å²) in [6, 6.07) is 0. The topological polar surface area (TPSA) is 66.0 Å². The van der Waals surface area contributed by atoms with Crippen LogP contribution in [0.2, 0.25) is 0 Å². The molecule has 5 nitrogen and oxygen atoms in total. The summed E-state index contributed by atoms with van der Waals surface area (Å²) in [7, 11) is 0. The molecule has 0 amide bonds. The third kappa shape index (κ3) is 3.88. The van der Waals surface area contributed by atoms with Crippen LogP contribution in [0.1, 0.15) is 26.5 Å². The lowest BCUT2D eigenvalue weighted by Crippen LogP contribution is -2.23. The fourth-order valence-corrected chi connectivity index (χ4v) is 1.50. The number of nitrogens with two attached hydrogens (primary N) is 1. The molecule has 0 saturated heterocycles. The van der Waals surface area contributed by atoms with Crippen molar-refractivity contribution in [3.05, 3.63) is 5.69 Å². The highest BCUT2D eigenvalue weighted by Crippen LogP contribution is 2.26. The van der Waals surface area contributed by atoms with Crippen LogP contribution in [0.4, 0.5) is 19.0 Å². The Morgan fingerprint density at radius 2 is 1.88 bits per heavy atom. The molecule has 1 heterocycles. The summed E-state index contributed by atoms with van der Waals surface area (Å²) in [5, 5.41) is 7.35. The fourth-order valence-electron chi connectivity index (χ4n) is 1.50. The third-order valence-corrected chi connectivity index (χ3v) is 2.04. The number of aromatic nitrogens is 3. The molecule has 0 aromatic carbocycles. The zero-order valence-electron chi connectivity index (χ0n) is 9.88. The molecule has 1 aromatic rings. The van der Waals surface area contributed by atoms with Crippen LogP contribution in [-0.2, 0) is 16.7 Å². The molecule has 98 valence electrons. The van der Waals surface area contributed by atoms with Crippen LogP contribution in [0.25, 0.3) is 0 Å². The number of anilines is 1. The van der Waals surface area contributed by atoms with Crippen LogP contribution in [0, 0.1) is 0 Å². The molecule has 0 saturated carbocycles. The Labute approximate surface area is 96.7 Å². The molecule has 2 N–H and O–H groups in total. The second-order valence-corrected chi connectivity index (χ2v) is 4.59. The van der Waals surface area contributed by atoms with E-state index < -0.39 is 13.0 Å². The largest absolute Gasteiger partial charge is 0.522 e. The number of hydrogen-bond acceptors (Lipinski definition) is 4. The van der Waals surface area contributed by atoms with Gasteiger partial charge in [0.25, 0.3) is 0 Å². The fraction of sp³-hybridized carbons (Fsp3) is 0.778. The van der Waals surface area contributed by atoms with E-state index in [9.17, 15) is 13.2 Å². The van der Waals surface area contributed by atoms with E-state index >= 15 is 0 Å².